The highest BCUT2D eigenvalue weighted by molar-refractivity contribution is 5.29. The largest absolute Gasteiger partial charge is 0.489 e. The van der Waals surface area contributed by atoms with Crippen molar-refractivity contribution in [3.63, 3.8) is 0 Å². The topological polar surface area (TPSA) is 35.2 Å². The number of hydrogen-bond acceptors (Lipinski definition) is 2. The average Bonchev–Trinajstić information content (AvgIpc) is 2.48. The zero-order valence-electron chi connectivity index (χ0n) is 11.3. The van der Waals surface area contributed by atoms with Gasteiger partial charge in [-0.05, 0) is 30.2 Å². The number of ether oxygens (including phenoxy) is 1. The summed E-state index contributed by atoms with van der Waals surface area (Å²) in [6.07, 6.45) is 0.856. The lowest BCUT2D eigenvalue weighted by atomic mass is 10.1. The van der Waals surface area contributed by atoms with Gasteiger partial charge >= 0.3 is 0 Å². The van der Waals surface area contributed by atoms with E-state index < -0.39 is 11.6 Å². The van der Waals surface area contributed by atoms with Crippen molar-refractivity contribution >= 4 is 0 Å². The smallest absolute Gasteiger partial charge is 0.165 e. The van der Waals surface area contributed by atoms with Gasteiger partial charge in [0, 0.05) is 11.6 Å². The van der Waals surface area contributed by atoms with Gasteiger partial charge in [0.15, 0.2) is 11.6 Å². The van der Waals surface area contributed by atoms with Crippen LogP contribution >= 0.6 is 0 Å². The van der Waals surface area contributed by atoms with E-state index in [9.17, 15) is 8.78 Å². The summed E-state index contributed by atoms with van der Waals surface area (Å²) in [5.74, 6) is -1.13. The van der Waals surface area contributed by atoms with Crippen LogP contribution in [0.25, 0.3) is 0 Å². The summed E-state index contributed by atoms with van der Waals surface area (Å²) in [6.45, 7) is 2.00. The molecule has 0 saturated carbocycles. The highest BCUT2D eigenvalue weighted by Crippen LogP contribution is 2.20. The van der Waals surface area contributed by atoms with E-state index in [0.29, 0.717) is 5.75 Å². The second kappa shape index (κ2) is 6.48. The monoisotopic (exact) mass is 277 g/mol. The van der Waals surface area contributed by atoms with E-state index in [1.807, 2.05) is 19.1 Å². The van der Waals surface area contributed by atoms with Crippen LogP contribution in [0.3, 0.4) is 0 Å². The lowest BCUT2D eigenvalue weighted by molar-refractivity contribution is 0.297. The van der Waals surface area contributed by atoms with Gasteiger partial charge in [0.05, 0.1) is 0 Å². The molecule has 20 heavy (non-hydrogen) atoms. The molecule has 0 aliphatic heterocycles. The zero-order valence-corrected chi connectivity index (χ0v) is 11.3. The first-order chi connectivity index (χ1) is 9.61. The molecule has 0 saturated heterocycles. The van der Waals surface area contributed by atoms with E-state index in [-0.39, 0.29) is 18.2 Å². The van der Waals surface area contributed by atoms with E-state index in [4.69, 9.17) is 10.5 Å². The highest BCUT2D eigenvalue weighted by atomic mass is 19.2. The first kappa shape index (κ1) is 14.5. The van der Waals surface area contributed by atoms with Crippen LogP contribution in [0.1, 0.15) is 30.5 Å². The summed E-state index contributed by atoms with van der Waals surface area (Å²) in [4.78, 5) is 0. The molecule has 0 spiro atoms. The Morgan fingerprint density at radius 2 is 1.80 bits per heavy atom. The number of rotatable bonds is 5. The fourth-order valence-corrected chi connectivity index (χ4v) is 1.87. The number of halogens is 2. The van der Waals surface area contributed by atoms with Gasteiger partial charge in [0.25, 0.3) is 0 Å². The van der Waals surface area contributed by atoms with E-state index in [1.165, 1.54) is 12.1 Å². The number of benzene rings is 2. The summed E-state index contributed by atoms with van der Waals surface area (Å²) in [7, 11) is 0. The van der Waals surface area contributed by atoms with Gasteiger partial charge in [-0.2, -0.15) is 0 Å². The van der Waals surface area contributed by atoms with Crippen LogP contribution in [-0.2, 0) is 6.61 Å². The third-order valence-corrected chi connectivity index (χ3v) is 3.17. The van der Waals surface area contributed by atoms with E-state index in [1.54, 1.807) is 12.1 Å². The molecule has 0 fully saturated rings. The maximum atomic E-state index is 13.4. The molecule has 0 aliphatic carbocycles. The van der Waals surface area contributed by atoms with E-state index >= 15 is 0 Å². The van der Waals surface area contributed by atoms with Crippen molar-refractivity contribution in [3.05, 3.63) is 65.2 Å². The maximum Gasteiger partial charge on any atom is 0.165 e. The molecule has 0 radical (unpaired) electrons. The fourth-order valence-electron chi connectivity index (χ4n) is 1.87. The van der Waals surface area contributed by atoms with Crippen LogP contribution in [0.15, 0.2) is 42.5 Å². The van der Waals surface area contributed by atoms with Crippen molar-refractivity contribution in [2.24, 2.45) is 5.73 Å². The van der Waals surface area contributed by atoms with E-state index in [2.05, 4.69) is 0 Å². The molecular weight excluding hydrogens is 260 g/mol. The van der Waals surface area contributed by atoms with Crippen molar-refractivity contribution in [1.82, 2.24) is 0 Å². The number of nitrogens with two attached hydrogens (primary N) is 1. The Morgan fingerprint density at radius 1 is 1.10 bits per heavy atom. The Balaban J connectivity index is 2.02. The molecule has 2 rings (SSSR count). The molecule has 4 heteroatoms. The van der Waals surface area contributed by atoms with Crippen molar-refractivity contribution in [3.8, 4) is 5.75 Å². The quantitative estimate of drug-likeness (QED) is 0.898. The summed E-state index contributed by atoms with van der Waals surface area (Å²) >= 11 is 0. The summed E-state index contributed by atoms with van der Waals surface area (Å²) in [6, 6.07) is 11.4. The van der Waals surface area contributed by atoms with Crippen molar-refractivity contribution in [2.75, 3.05) is 0 Å². The van der Waals surface area contributed by atoms with Crippen molar-refractivity contribution in [2.45, 2.75) is 26.0 Å². The molecule has 106 valence electrons. The maximum absolute atomic E-state index is 13.4. The van der Waals surface area contributed by atoms with Gasteiger partial charge < -0.3 is 10.5 Å². The van der Waals surface area contributed by atoms with Crippen LogP contribution < -0.4 is 10.5 Å². The SMILES string of the molecule is CCC(N)c1ccc(OCc2cccc(F)c2F)cc1. The van der Waals surface area contributed by atoms with Crippen LogP contribution in [0.4, 0.5) is 8.78 Å². The first-order valence-electron chi connectivity index (χ1n) is 6.53. The second-order valence-corrected chi connectivity index (χ2v) is 4.59. The van der Waals surface area contributed by atoms with Gasteiger partial charge in [0.1, 0.15) is 12.4 Å². The third kappa shape index (κ3) is 3.33. The van der Waals surface area contributed by atoms with Crippen molar-refractivity contribution in [1.29, 1.82) is 0 Å². The predicted octanol–water partition coefficient (Wildman–Crippen LogP) is 3.95. The molecule has 0 aliphatic rings. The Kier molecular flexibility index (Phi) is 4.69. The lowest BCUT2D eigenvalue weighted by Gasteiger charge is -2.11. The summed E-state index contributed by atoms with van der Waals surface area (Å²) in [5, 5.41) is 0. The zero-order chi connectivity index (χ0) is 14.5. The standard InChI is InChI=1S/C16H17F2NO/c1-2-15(19)11-6-8-13(9-7-11)20-10-12-4-3-5-14(17)16(12)18/h3-9,15H,2,10,19H2,1H3. The lowest BCUT2D eigenvalue weighted by Crippen LogP contribution is -2.08. The van der Waals surface area contributed by atoms with Gasteiger partial charge in [-0.3, -0.25) is 0 Å². The van der Waals surface area contributed by atoms with Crippen LogP contribution in [0.5, 0.6) is 5.75 Å². The summed E-state index contributed by atoms with van der Waals surface area (Å²) < 4.78 is 31.9. The first-order valence-corrected chi connectivity index (χ1v) is 6.53. The molecule has 2 nitrogen and oxygen atoms in total. The minimum atomic E-state index is -0.865. The highest BCUT2D eigenvalue weighted by Gasteiger charge is 2.08. The molecule has 0 aromatic heterocycles. The van der Waals surface area contributed by atoms with Gasteiger partial charge in [-0.25, -0.2) is 8.78 Å². The fraction of sp³-hybridized carbons (Fsp3) is 0.250. The molecule has 0 heterocycles. The second-order valence-electron chi connectivity index (χ2n) is 4.59. The van der Waals surface area contributed by atoms with Gasteiger partial charge in [-0.1, -0.05) is 31.2 Å². The van der Waals surface area contributed by atoms with Crippen molar-refractivity contribution < 1.29 is 13.5 Å². The molecule has 1 atom stereocenters. The molecule has 0 bridgehead atoms. The normalized spacial score (nSPS) is 12.2. The molecular formula is C16H17F2NO. The molecule has 0 amide bonds. The molecule has 2 aromatic carbocycles. The minimum Gasteiger partial charge on any atom is -0.489 e. The Hall–Kier alpha value is -1.94. The summed E-state index contributed by atoms with van der Waals surface area (Å²) in [5.41, 5.74) is 7.13. The Morgan fingerprint density at radius 3 is 2.45 bits per heavy atom. The van der Waals surface area contributed by atoms with Gasteiger partial charge in [0.2, 0.25) is 0 Å². The van der Waals surface area contributed by atoms with Crippen LogP contribution in [-0.4, -0.2) is 0 Å². The van der Waals surface area contributed by atoms with Gasteiger partial charge in [-0.15, -0.1) is 0 Å². The molecule has 1 unspecified atom stereocenters. The Labute approximate surface area is 117 Å². The average molecular weight is 277 g/mol. The Bertz CT molecular complexity index is 569. The molecule has 2 aromatic rings. The number of hydrogen-bond donors (Lipinski definition) is 1. The molecule has 2 N–H and O–H groups in total. The van der Waals surface area contributed by atoms with Crippen LogP contribution in [0, 0.1) is 11.6 Å². The third-order valence-electron chi connectivity index (χ3n) is 3.17. The van der Waals surface area contributed by atoms with E-state index in [0.717, 1.165) is 18.1 Å². The van der Waals surface area contributed by atoms with Crippen LogP contribution in [0.2, 0.25) is 0 Å². The minimum absolute atomic E-state index is 0.00436. The predicted molar refractivity (Wildman–Crippen MR) is 74.4 cm³/mol.